The van der Waals surface area contributed by atoms with Gasteiger partial charge in [0.25, 0.3) is 11.8 Å². The monoisotopic (exact) mass is 407 g/mol. The second-order valence-electron chi connectivity index (χ2n) is 7.70. The average Bonchev–Trinajstić information content (AvgIpc) is 2.99. The van der Waals surface area contributed by atoms with Crippen LogP contribution in [0.1, 0.15) is 34.3 Å². The summed E-state index contributed by atoms with van der Waals surface area (Å²) in [6.45, 7) is 1.67. The highest BCUT2D eigenvalue weighted by atomic mass is 16.5. The van der Waals surface area contributed by atoms with E-state index in [0.717, 1.165) is 12.0 Å². The smallest absolute Gasteiger partial charge is 0.325 e. The highest BCUT2D eigenvalue weighted by Gasteiger charge is 2.51. The van der Waals surface area contributed by atoms with E-state index in [1.54, 1.807) is 24.3 Å². The predicted octanol–water partition coefficient (Wildman–Crippen LogP) is 2.26. The summed E-state index contributed by atoms with van der Waals surface area (Å²) in [5.74, 6) is -0.341. The highest BCUT2D eigenvalue weighted by molar-refractivity contribution is 6.07. The number of ether oxygens (including phenoxy) is 1. The van der Waals surface area contributed by atoms with Gasteiger partial charge in [0.15, 0.2) is 0 Å². The van der Waals surface area contributed by atoms with E-state index in [4.69, 9.17) is 4.74 Å². The van der Waals surface area contributed by atoms with Crippen molar-refractivity contribution in [2.24, 2.45) is 0 Å². The van der Waals surface area contributed by atoms with Gasteiger partial charge in [0.05, 0.1) is 6.54 Å². The number of urea groups is 1. The van der Waals surface area contributed by atoms with Gasteiger partial charge in [0, 0.05) is 38.2 Å². The molecular weight excluding hydrogens is 382 g/mol. The predicted molar refractivity (Wildman–Crippen MR) is 111 cm³/mol. The van der Waals surface area contributed by atoms with Gasteiger partial charge >= 0.3 is 6.03 Å². The Kier molecular flexibility index (Phi) is 5.81. The van der Waals surface area contributed by atoms with Crippen molar-refractivity contribution in [2.45, 2.75) is 31.3 Å². The van der Waals surface area contributed by atoms with Crippen LogP contribution in [-0.4, -0.2) is 48.0 Å². The minimum atomic E-state index is -0.825. The molecule has 0 aliphatic carbocycles. The third-order valence-electron chi connectivity index (χ3n) is 5.69. The van der Waals surface area contributed by atoms with Crippen molar-refractivity contribution in [3.8, 4) is 0 Å². The molecule has 2 aromatic rings. The van der Waals surface area contributed by atoms with Crippen LogP contribution in [0, 0.1) is 0 Å². The molecule has 0 atom stereocenters. The number of hydrogen-bond acceptors (Lipinski definition) is 4. The number of carbonyl (C=O) groups is 3. The van der Waals surface area contributed by atoms with E-state index in [9.17, 15) is 14.4 Å². The number of nitrogens with one attached hydrogen (secondary N) is 2. The number of rotatable bonds is 6. The molecular formula is C23H25N3O4. The molecule has 7 nitrogen and oxygen atoms in total. The standard InChI is InChI=1S/C23H25N3O4/c27-20(24-13-10-17-4-2-1-3-5-17)19-8-6-18(7-9-19)16-26-21(28)23(25-22(26)29)11-14-30-15-12-23/h1-9H,10-16H2,(H,24,27)(H,25,29). The summed E-state index contributed by atoms with van der Waals surface area (Å²) in [6, 6.07) is 16.6. The first kappa shape index (κ1) is 20.1. The number of nitrogens with zero attached hydrogens (tertiary/aromatic N) is 1. The molecule has 2 fully saturated rings. The van der Waals surface area contributed by atoms with Crippen LogP contribution in [0.4, 0.5) is 4.79 Å². The van der Waals surface area contributed by atoms with Crippen LogP contribution < -0.4 is 10.6 Å². The minimum absolute atomic E-state index is 0.145. The van der Waals surface area contributed by atoms with Crippen molar-refractivity contribution in [2.75, 3.05) is 19.8 Å². The third kappa shape index (κ3) is 4.21. The summed E-state index contributed by atoms with van der Waals surface area (Å²) in [7, 11) is 0. The molecule has 0 bridgehead atoms. The number of hydrogen-bond donors (Lipinski definition) is 2. The summed E-state index contributed by atoms with van der Waals surface area (Å²) in [4.78, 5) is 38.8. The van der Waals surface area contributed by atoms with Crippen LogP contribution >= 0.6 is 0 Å². The van der Waals surface area contributed by atoms with Crippen LogP contribution in [0.2, 0.25) is 0 Å². The first-order valence-corrected chi connectivity index (χ1v) is 10.2. The van der Waals surface area contributed by atoms with E-state index < -0.39 is 5.54 Å². The molecule has 4 amide bonds. The molecule has 4 rings (SSSR count). The van der Waals surface area contributed by atoms with Crippen LogP contribution in [0.25, 0.3) is 0 Å². The SMILES string of the molecule is O=C(NCCc1ccccc1)c1ccc(CN2C(=O)NC3(CCOCC3)C2=O)cc1. The maximum atomic E-state index is 12.8. The Morgan fingerprint density at radius 2 is 1.70 bits per heavy atom. The Bertz CT molecular complexity index is 921. The van der Waals surface area contributed by atoms with Gasteiger partial charge in [-0.1, -0.05) is 42.5 Å². The van der Waals surface area contributed by atoms with Gasteiger partial charge in [-0.3, -0.25) is 14.5 Å². The number of amides is 4. The van der Waals surface area contributed by atoms with Crippen LogP contribution in [-0.2, 0) is 22.5 Å². The Labute approximate surface area is 175 Å². The number of carbonyl (C=O) groups excluding carboxylic acids is 3. The van der Waals surface area contributed by atoms with Crippen LogP contribution in [0.3, 0.4) is 0 Å². The van der Waals surface area contributed by atoms with Crippen molar-refractivity contribution < 1.29 is 19.1 Å². The van der Waals surface area contributed by atoms with Crippen molar-refractivity contribution in [3.63, 3.8) is 0 Å². The second-order valence-corrected chi connectivity index (χ2v) is 7.70. The molecule has 0 unspecified atom stereocenters. The van der Waals surface area contributed by atoms with Crippen LogP contribution in [0.5, 0.6) is 0 Å². The summed E-state index contributed by atoms with van der Waals surface area (Å²) >= 11 is 0. The highest BCUT2D eigenvalue weighted by Crippen LogP contribution is 2.29. The van der Waals surface area contributed by atoms with Crippen molar-refractivity contribution >= 4 is 17.8 Å². The summed E-state index contributed by atoms with van der Waals surface area (Å²) in [5.41, 5.74) is 1.69. The second kappa shape index (κ2) is 8.67. The van der Waals surface area contributed by atoms with Gasteiger partial charge in [0.1, 0.15) is 5.54 Å². The summed E-state index contributed by atoms with van der Waals surface area (Å²) < 4.78 is 5.32. The van der Waals surface area contributed by atoms with E-state index >= 15 is 0 Å². The molecule has 7 heteroatoms. The van der Waals surface area contributed by atoms with Gasteiger partial charge in [0.2, 0.25) is 0 Å². The van der Waals surface area contributed by atoms with Gasteiger partial charge < -0.3 is 15.4 Å². The Morgan fingerprint density at radius 1 is 1.00 bits per heavy atom. The van der Waals surface area contributed by atoms with E-state index in [1.165, 1.54) is 10.5 Å². The molecule has 2 N–H and O–H groups in total. The van der Waals surface area contributed by atoms with Crippen molar-refractivity contribution in [3.05, 3.63) is 71.3 Å². The average molecular weight is 407 g/mol. The maximum Gasteiger partial charge on any atom is 0.325 e. The lowest BCUT2D eigenvalue weighted by Crippen LogP contribution is -2.51. The lowest BCUT2D eigenvalue weighted by molar-refractivity contribution is -0.134. The fourth-order valence-electron chi connectivity index (χ4n) is 3.89. The van der Waals surface area contributed by atoms with Gasteiger partial charge in [-0.15, -0.1) is 0 Å². The molecule has 2 saturated heterocycles. The van der Waals surface area contributed by atoms with E-state index in [-0.39, 0.29) is 24.4 Å². The maximum absolute atomic E-state index is 12.8. The minimum Gasteiger partial charge on any atom is -0.381 e. The van der Waals surface area contributed by atoms with Gasteiger partial charge in [-0.05, 0) is 29.7 Å². The number of imide groups is 1. The molecule has 0 aromatic heterocycles. The van der Waals surface area contributed by atoms with Crippen LogP contribution in [0.15, 0.2) is 54.6 Å². The molecule has 1 spiro atoms. The Morgan fingerprint density at radius 3 is 2.40 bits per heavy atom. The summed E-state index contributed by atoms with van der Waals surface area (Å²) in [6.07, 6.45) is 1.76. The van der Waals surface area contributed by atoms with Gasteiger partial charge in [-0.25, -0.2) is 4.79 Å². The van der Waals surface area contributed by atoms with Crippen molar-refractivity contribution in [1.29, 1.82) is 0 Å². The lowest BCUT2D eigenvalue weighted by atomic mass is 9.90. The van der Waals surface area contributed by atoms with E-state index in [2.05, 4.69) is 10.6 Å². The lowest BCUT2D eigenvalue weighted by Gasteiger charge is -2.30. The van der Waals surface area contributed by atoms with Crippen molar-refractivity contribution in [1.82, 2.24) is 15.5 Å². The zero-order chi connectivity index (χ0) is 21.0. The third-order valence-corrected chi connectivity index (χ3v) is 5.69. The van der Waals surface area contributed by atoms with E-state index in [1.807, 2.05) is 30.3 Å². The zero-order valence-corrected chi connectivity index (χ0v) is 16.7. The normalized spacial score (nSPS) is 17.8. The Balaban J connectivity index is 1.32. The molecule has 156 valence electrons. The topological polar surface area (TPSA) is 87.7 Å². The first-order valence-electron chi connectivity index (χ1n) is 10.2. The quantitative estimate of drug-likeness (QED) is 0.719. The fourth-order valence-corrected chi connectivity index (χ4v) is 3.89. The molecule has 0 radical (unpaired) electrons. The molecule has 2 aromatic carbocycles. The first-order chi connectivity index (χ1) is 14.6. The largest absolute Gasteiger partial charge is 0.381 e. The zero-order valence-electron chi connectivity index (χ0n) is 16.7. The summed E-state index contributed by atoms with van der Waals surface area (Å²) in [5, 5.41) is 5.76. The molecule has 2 heterocycles. The molecule has 30 heavy (non-hydrogen) atoms. The van der Waals surface area contributed by atoms with Gasteiger partial charge in [-0.2, -0.15) is 0 Å². The fraction of sp³-hybridized carbons (Fsp3) is 0.348. The number of benzene rings is 2. The van der Waals surface area contributed by atoms with E-state index in [0.29, 0.717) is 38.2 Å². The Hall–Kier alpha value is -3.19. The molecule has 2 aliphatic rings. The molecule has 2 aliphatic heterocycles. The molecule has 0 saturated carbocycles.